The van der Waals surface area contributed by atoms with Gasteiger partial charge in [-0.05, 0) is 18.1 Å². The molecule has 160 valence electrons. The number of nitrogens with zero attached hydrogens (tertiary/aromatic N) is 1. The van der Waals surface area contributed by atoms with E-state index in [0.29, 0.717) is 13.2 Å². The maximum absolute atomic E-state index is 13.0. The lowest BCUT2D eigenvalue weighted by Crippen LogP contribution is -2.43. The second-order valence-electron chi connectivity index (χ2n) is 7.81. The highest BCUT2D eigenvalue weighted by atomic mass is 16.5. The molecule has 0 bridgehead atoms. The molecular weight excluding hydrogens is 378 g/mol. The van der Waals surface area contributed by atoms with Gasteiger partial charge >= 0.3 is 0 Å². The zero-order valence-electron chi connectivity index (χ0n) is 17.8. The van der Waals surface area contributed by atoms with Gasteiger partial charge in [-0.15, -0.1) is 0 Å². The second-order valence-corrected chi connectivity index (χ2v) is 7.81. The first-order chi connectivity index (χ1) is 14.5. The number of benzene rings is 2. The van der Waals surface area contributed by atoms with Crippen molar-refractivity contribution in [1.82, 2.24) is 15.5 Å². The van der Waals surface area contributed by atoms with Crippen LogP contribution < -0.4 is 10.6 Å². The van der Waals surface area contributed by atoms with Crippen molar-refractivity contribution in [1.29, 1.82) is 0 Å². The number of morpholine rings is 1. The highest BCUT2D eigenvalue weighted by Crippen LogP contribution is 2.20. The third-order valence-electron chi connectivity index (χ3n) is 5.33. The Morgan fingerprint density at radius 3 is 2.20 bits per heavy atom. The summed E-state index contributed by atoms with van der Waals surface area (Å²) in [6.45, 7) is 7.40. The Kier molecular flexibility index (Phi) is 7.99. The van der Waals surface area contributed by atoms with E-state index < -0.39 is 0 Å². The van der Waals surface area contributed by atoms with Crippen molar-refractivity contribution in [2.75, 3.05) is 32.8 Å². The zero-order chi connectivity index (χ0) is 21.3. The van der Waals surface area contributed by atoms with Crippen LogP contribution >= 0.6 is 0 Å². The summed E-state index contributed by atoms with van der Waals surface area (Å²) in [6.07, 6.45) is 0.190. The van der Waals surface area contributed by atoms with Crippen LogP contribution in [0.25, 0.3) is 0 Å². The lowest BCUT2D eigenvalue weighted by molar-refractivity contribution is -0.123. The first kappa shape index (κ1) is 22.0. The molecule has 1 heterocycles. The van der Waals surface area contributed by atoms with Gasteiger partial charge in [0.05, 0.1) is 31.7 Å². The lowest BCUT2D eigenvalue weighted by atomic mass is 10.0. The number of carbonyl (C=O) groups excluding carboxylic acids is 2. The Labute approximate surface area is 178 Å². The molecular formula is C24H31N3O3. The monoisotopic (exact) mass is 409 g/mol. The molecule has 2 atom stereocenters. The lowest BCUT2D eigenvalue weighted by Gasteiger charge is -2.31. The highest BCUT2D eigenvalue weighted by molar-refractivity contribution is 5.79. The maximum atomic E-state index is 13.0. The fourth-order valence-electron chi connectivity index (χ4n) is 3.70. The van der Waals surface area contributed by atoms with Crippen molar-refractivity contribution in [3.05, 3.63) is 71.3 Å². The molecule has 2 aromatic carbocycles. The minimum absolute atomic E-state index is 0.0866. The quantitative estimate of drug-likeness (QED) is 0.703. The molecule has 2 aromatic rings. The van der Waals surface area contributed by atoms with Crippen molar-refractivity contribution < 1.29 is 14.3 Å². The summed E-state index contributed by atoms with van der Waals surface area (Å²) in [6, 6.07) is 17.4. The first-order valence-electron chi connectivity index (χ1n) is 10.5. The van der Waals surface area contributed by atoms with Gasteiger partial charge in [0.15, 0.2) is 0 Å². The predicted octanol–water partition coefficient (Wildman–Crippen LogP) is 2.75. The van der Waals surface area contributed by atoms with Gasteiger partial charge in [0, 0.05) is 26.6 Å². The van der Waals surface area contributed by atoms with Crippen LogP contribution in [0.5, 0.6) is 0 Å². The van der Waals surface area contributed by atoms with Crippen molar-refractivity contribution in [2.24, 2.45) is 0 Å². The van der Waals surface area contributed by atoms with Crippen LogP contribution in [0.15, 0.2) is 54.6 Å². The van der Waals surface area contributed by atoms with Crippen LogP contribution in [0.1, 0.15) is 42.1 Å². The molecule has 0 radical (unpaired) electrons. The Bertz CT molecular complexity index is 817. The number of amides is 2. The normalized spacial score (nSPS) is 16.5. The number of rotatable bonds is 8. The molecule has 0 spiro atoms. The average Bonchev–Trinajstić information content (AvgIpc) is 2.74. The summed E-state index contributed by atoms with van der Waals surface area (Å²) >= 11 is 0. The third kappa shape index (κ3) is 6.68. The van der Waals surface area contributed by atoms with E-state index in [1.165, 1.54) is 12.5 Å². The van der Waals surface area contributed by atoms with Gasteiger partial charge in [0.1, 0.15) is 0 Å². The van der Waals surface area contributed by atoms with Gasteiger partial charge in [-0.3, -0.25) is 14.5 Å². The summed E-state index contributed by atoms with van der Waals surface area (Å²) in [5.41, 5.74) is 3.18. The van der Waals surface area contributed by atoms with Gasteiger partial charge in [-0.1, -0.05) is 60.2 Å². The molecule has 0 saturated carbocycles. The minimum atomic E-state index is -0.356. The molecule has 6 nitrogen and oxygen atoms in total. The molecule has 0 unspecified atom stereocenters. The van der Waals surface area contributed by atoms with Crippen molar-refractivity contribution in [3.63, 3.8) is 0 Å². The fraction of sp³-hybridized carbons (Fsp3) is 0.417. The summed E-state index contributed by atoms with van der Waals surface area (Å²) < 4.78 is 5.45. The number of nitrogens with one attached hydrogen (secondary N) is 2. The average molecular weight is 410 g/mol. The molecule has 0 aromatic heterocycles. The first-order valence-corrected chi connectivity index (χ1v) is 10.5. The van der Waals surface area contributed by atoms with E-state index in [0.717, 1.165) is 30.8 Å². The second kappa shape index (κ2) is 10.9. The zero-order valence-corrected chi connectivity index (χ0v) is 17.8. The van der Waals surface area contributed by atoms with Crippen molar-refractivity contribution in [3.8, 4) is 0 Å². The van der Waals surface area contributed by atoms with E-state index in [-0.39, 0.29) is 30.3 Å². The Morgan fingerprint density at radius 2 is 1.57 bits per heavy atom. The SMILES string of the molecule is CC(=O)N[C@H](CC(=O)N[C@@H](CN1CCOCC1)c1ccc(C)cc1)c1ccccc1. The summed E-state index contributed by atoms with van der Waals surface area (Å²) in [4.78, 5) is 27.0. The standard InChI is InChI=1S/C24H31N3O3/c1-18-8-10-21(11-9-18)23(17-27-12-14-30-15-13-27)26-24(29)16-22(25-19(2)28)20-6-4-3-5-7-20/h3-11,22-23H,12-17H2,1-2H3,(H,25,28)(H,26,29)/t22-,23+/m1/s1. The Balaban J connectivity index is 1.72. The smallest absolute Gasteiger partial charge is 0.222 e. The molecule has 6 heteroatoms. The molecule has 2 amide bonds. The van der Waals surface area contributed by atoms with Gasteiger partial charge in [0.25, 0.3) is 0 Å². The van der Waals surface area contributed by atoms with Crippen LogP contribution in [-0.4, -0.2) is 49.6 Å². The number of aryl methyl sites for hydroxylation is 1. The van der Waals surface area contributed by atoms with Gasteiger partial charge < -0.3 is 15.4 Å². The van der Waals surface area contributed by atoms with Crippen LogP contribution in [-0.2, 0) is 14.3 Å². The minimum Gasteiger partial charge on any atom is -0.379 e. The summed E-state index contributed by atoms with van der Waals surface area (Å²) in [7, 11) is 0. The van der Waals surface area contributed by atoms with Crippen molar-refractivity contribution in [2.45, 2.75) is 32.4 Å². The van der Waals surface area contributed by atoms with E-state index in [2.05, 4.69) is 46.7 Å². The number of ether oxygens (including phenoxy) is 1. The van der Waals surface area contributed by atoms with Gasteiger partial charge in [0.2, 0.25) is 11.8 Å². The van der Waals surface area contributed by atoms with Crippen LogP contribution in [0, 0.1) is 6.92 Å². The predicted molar refractivity (Wildman–Crippen MR) is 117 cm³/mol. The largest absolute Gasteiger partial charge is 0.379 e. The molecule has 0 aliphatic carbocycles. The van der Waals surface area contributed by atoms with E-state index in [1.54, 1.807) is 0 Å². The molecule has 2 N–H and O–H groups in total. The molecule has 1 aliphatic heterocycles. The molecule has 30 heavy (non-hydrogen) atoms. The summed E-state index contributed by atoms with van der Waals surface area (Å²) in [5.74, 6) is -0.239. The number of hydrogen-bond acceptors (Lipinski definition) is 4. The molecule has 1 aliphatic rings. The van der Waals surface area contributed by atoms with E-state index >= 15 is 0 Å². The van der Waals surface area contributed by atoms with Gasteiger partial charge in [-0.2, -0.15) is 0 Å². The van der Waals surface area contributed by atoms with Crippen LogP contribution in [0.4, 0.5) is 0 Å². The van der Waals surface area contributed by atoms with E-state index in [9.17, 15) is 9.59 Å². The molecule has 3 rings (SSSR count). The van der Waals surface area contributed by atoms with E-state index in [4.69, 9.17) is 4.74 Å². The molecule has 1 saturated heterocycles. The third-order valence-corrected chi connectivity index (χ3v) is 5.33. The van der Waals surface area contributed by atoms with Crippen LogP contribution in [0.2, 0.25) is 0 Å². The molecule has 1 fully saturated rings. The van der Waals surface area contributed by atoms with Crippen LogP contribution in [0.3, 0.4) is 0 Å². The fourth-order valence-corrected chi connectivity index (χ4v) is 3.70. The highest BCUT2D eigenvalue weighted by Gasteiger charge is 2.23. The van der Waals surface area contributed by atoms with Gasteiger partial charge in [-0.25, -0.2) is 0 Å². The summed E-state index contributed by atoms with van der Waals surface area (Å²) in [5, 5.41) is 6.10. The maximum Gasteiger partial charge on any atom is 0.222 e. The van der Waals surface area contributed by atoms with Crippen molar-refractivity contribution >= 4 is 11.8 Å². The Morgan fingerprint density at radius 1 is 0.933 bits per heavy atom. The number of hydrogen-bond donors (Lipinski definition) is 2. The Hall–Kier alpha value is -2.70. The topological polar surface area (TPSA) is 70.7 Å². The number of carbonyl (C=O) groups is 2. The van der Waals surface area contributed by atoms with E-state index in [1.807, 2.05) is 30.3 Å².